The van der Waals surface area contributed by atoms with Crippen LogP contribution in [0.2, 0.25) is 0 Å². The molecule has 1 aliphatic carbocycles. The van der Waals surface area contributed by atoms with Crippen molar-refractivity contribution in [3.8, 4) is 0 Å². The van der Waals surface area contributed by atoms with Crippen LogP contribution in [0.1, 0.15) is 71.6 Å². The fourth-order valence-electron chi connectivity index (χ4n) is 3.37. The van der Waals surface area contributed by atoms with Crippen LogP contribution in [0.3, 0.4) is 0 Å². The maximum atomic E-state index is 10.7. The quantitative estimate of drug-likeness (QED) is 0.502. The SMILES string of the molecule is CCCCCC1CCCC12OC(CCCOC(C)=O)O2. The lowest BCUT2D eigenvalue weighted by molar-refractivity contribution is -0.464. The Bertz CT molecular complexity index is 310. The normalized spacial score (nSPS) is 32.3. The third-order valence-corrected chi connectivity index (χ3v) is 4.41. The van der Waals surface area contributed by atoms with E-state index in [0.29, 0.717) is 12.5 Å². The number of hydrogen-bond donors (Lipinski definition) is 0. The molecule has 1 atom stereocenters. The van der Waals surface area contributed by atoms with Crippen molar-refractivity contribution in [2.24, 2.45) is 5.92 Å². The molecule has 0 bridgehead atoms. The lowest BCUT2D eigenvalue weighted by Gasteiger charge is -2.49. The molecule has 1 aliphatic heterocycles. The summed E-state index contributed by atoms with van der Waals surface area (Å²) in [5.41, 5.74) is 0. The van der Waals surface area contributed by atoms with Gasteiger partial charge in [-0.1, -0.05) is 26.2 Å². The smallest absolute Gasteiger partial charge is 0.302 e. The van der Waals surface area contributed by atoms with Crippen molar-refractivity contribution in [3.05, 3.63) is 0 Å². The van der Waals surface area contributed by atoms with E-state index in [9.17, 15) is 4.79 Å². The molecule has 2 rings (SSSR count). The van der Waals surface area contributed by atoms with Crippen molar-refractivity contribution in [2.75, 3.05) is 6.61 Å². The zero-order chi connectivity index (χ0) is 14.4. The van der Waals surface area contributed by atoms with E-state index in [1.54, 1.807) is 0 Å². The molecule has 0 aromatic rings. The molecule has 0 aromatic heterocycles. The average Bonchev–Trinajstić information content (AvgIpc) is 2.77. The van der Waals surface area contributed by atoms with Gasteiger partial charge < -0.3 is 14.2 Å². The Hall–Kier alpha value is -0.610. The summed E-state index contributed by atoms with van der Waals surface area (Å²) in [6.07, 6.45) is 10.1. The Morgan fingerprint density at radius 3 is 2.75 bits per heavy atom. The molecular weight excluding hydrogens is 256 g/mol. The molecule has 0 N–H and O–H groups in total. The first kappa shape index (κ1) is 15.8. The van der Waals surface area contributed by atoms with E-state index in [0.717, 1.165) is 19.3 Å². The third kappa shape index (κ3) is 3.95. The van der Waals surface area contributed by atoms with E-state index in [1.807, 2.05) is 0 Å². The molecule has 1 spiro atoms. The molecule has 1 unspecified atom stereocenters. The number of ether oxygens (including phenoxy) is 3. The molecule has 1 saturated carbocycles. The molecule has 1 saturated heterocycles. The van der Waals surface area contributed by atoms with Gasteiger partial charge in [0.25, 0.3) is 0 Å². The van der Waals surface area contributed by atoms with Crippen molar-refractivity contribution in [1.82, 2.24) is 0 Å². The summed E-state index contributed by atoms with van der Waals surface area (Å²) in [6, 6.07) is 0. The lowest BCUT2D eigenvalue weighted by Crippen LogP contribution is -2.55. The lowest BCUT2D eigenvalue weighted by atomic mass is 9.93. The van der Waals surface area contributed by atoms with Gasteiger partial charge in [0.1, 0.15) is 0 Å². The van der Waals surface area contributed by atoms with Crippen LogP contribution in [0.25, 0.3) is 0 Å². The maximum absolute atomic E-state index is 10.7. The van der Waals surface area contributed by atoms with E-state index >= 15 is 0 Å². The van der Waals surface area contributed by atoms with Gasteiger partial charge in [-0.25, -0.2) is 0 Å². The van der Waals surface area contributed by atoms with Gasteiger partial charge in [0, 0.05) is 25.7 Å². The molecule has 4 nitrogen and oxygen atoms in total. The van der Waals surface area contributed by atoms with Crippen LogP contribution < -0.4 is 0 Å². The number of carbonyl (C=O) groups excluding carboxylic acids is 1. The van der Waals surface area contributed by atoms with Gasteiger partial charge in [0.2, 0.25) is 0 Å². The van der Waals surface area contributed by atoms with Crippen LogP contribution in [0.4, 0.5) is 0 Å². The summed E-state index contributed by atoms with van der Waals surface area (Å²) >= 11 is 0. The molecule has 1 heterocycles. The van der Waals surface area contributed by atoms with Gasteiger partial charge in [-0.05, 0) is 25.7 Å². The van der Waals surface area contributed by atoms with E-state index in [4.69, 9.17) is 14.2 Å². The first-order chi connectivity index (χ1) is 9.66. The monoisotopic (exact) mass is 284 g/mol. The molecule has 20 heavy (non-hydrogen) atoms. The summed E-state index contributed by atoms with van der Waals surface area (Å²) in [6.45, 7) is 4.14. The minimum absolute atomic E-state index is 0.0858. The average molecular weight is 284 g/mol. The van der Waals surface area contributed by atoms with Gasteiger partial charge in [0.15, 0.2) is 12.1 Å². The van der Waals surface area contributed by atoms with Crippen LogP contribution in [0.15, 0.2) is 0 Å². The van der Waals surface area contributed by atoms with Crippen LogP contribution in [0, 0.1) is 5.92 Å². The van der Waals surface area contributed by atoms with Gasteiger partial charge in [-0.15, -0.1) is 0 Å². The van der Waals surface area contributed by atoms with Gasteiger partial charge >= 0.3 is 5.97 Å². The molecule has 0 aromatic carbocycles. The number of carbonyl (C=O) groups is 1. The fraction of sp³-hybridized carbons (Fsp3) is 0.938. The van der Waals surface area contributed by atoms with Crippen molar-refractivity contribution >= 4 is 5.97 Å². The van der Waals surface area contributed by atoms with Gasteiger partial charge in [0.05, 0.1) is 6.61 Å². The molecule has 0 amide bonds. The Morgan fingerprint density at radius 2 is 2.05 bits per heavy atom. The second-order valence-corrected chi connectivity index (χ2v) is 6.04. The van der Waals surface area contributed by atoms with Gasteiger partial charge in [-0.3, -0.25) is 4.79 Å². The largest absolute Gasteiger partial charge is 0.466 e. The highest BCUT2D eigenvalue weighted by Crippen LogP contribution is 2.50. The van der Waals surface area contributed by atoms with Crippen molar-refractivity contribution in [1.29, 1.82) is 0 Å². The molecule has 4 heteroatoms. The molecule has 2 fully saturated rings. The van der Waals surface area contributed by atoms with Crippen molar-refractivity contribution in [3.63, 3.8) is 0 Å². The van der Waals surface area contributed by atoms with Crippen LogP contribution in [-0.2, 0) is 19.0 Å². The van der Waals surface area contributed by atoms with Crippen molar-refractivity contribution in [2.45, 2.75) is 83.7 Å². The summed E-state index contributed by atoms with van der Waals surface area (Å²) in [4.78, 5) is 10.7. The predicted octanol–water partition coefficient (Wildman–Crippen LogP) is 3.78. The Morgan fingerprint density at radius 1 is 1.25 bits per heavy atom. The van der Waals surface area contributed by atoms with Crippen LogP contribution in [-0.4, -0.2) is 24.7 Å². The second kappa shape index (κ2) is 7.41. The number of hydrogen-bond acceptors (Lipinski definition) is 4. The zero-order valence-electron chi connectivity index (χ0n) is 12.9. The van der Waals surface area contributed by atoms with Crippen molar-refractivity contribution < 1.29 is 19.0 Å². The van der Waals surface area contributed by atoms with E-state index < -0.39 is 0 Å². The first-order valence-corrected chi connectivity index (χ1v) is 8.15. The molecule has 2 aliphatic rings. The summed E-state index contributed by atoms with van der Waals surface area (Å²) < 4.78 is 17.1. The Balaban J connectivity index is 1.63. The number of unbranched alkanes of at least 4 members (excludes halogenated alkanes) is 2. The summed E-state index contributed by atoms with van der Waals surface area (Å²) in [5, 5.41) is 0. The van der Waals surface area contributed by atoms with Crippen LogP contribution in [0.5, 0.6) is 0 Å². The number of esters is 1. The standard InChI is InChI=1S/C16H28O4/c1-3-4-5-8-14-9-6-11-16(14)19-15(20-16)10-7-12-18-13(2)17/h14-15H,3-12H2,1-2H3. The van der Waals surface area contributed by atoms with Gasteiger partial charge in [-0.2, -0.15) is 0 Å². The minimum atomic E-state index is -0.264. The highest BCUT2D eigenvalue weighted by atomic mass is 16.9. The zero-order valence-corrected chi connectivity index (χ0v) is 12.9. The third-order valence-electron chi connectivity index (χ3n) is 4.41. The molecular formula is C16H28O4. The topological polar surface area (TPSA) is 44.8 Å². The predicted molar refractivity (Wildman–Crippen MR) is 76.0 cm³/mol. The van der Waals surface area contributed by atoms with Crippen LogP contribution >= 0.6 is 0 Å². The minimum Gasteiger partial charge on any atom is -0.466 e. The molecule has 0 radical (unpaired) electrons. The highest BCUT2D eigenvalue weighted by molar-refractivity contribution is 5.65. The van der Waals surface area contributed by atoms with E-state index in [2.05, 4.69) is 6.92 Å². The van der Waals surface area contributed by atoms with E-state index in [1.165, 1.54) is 45.4 Å². The second-order valence-electron chi connectivity index (χ2n) is 6.04. The highest BCUT2D eigenvalue weighted by Gasteiger charge is 2.54. The first-order valence-electron chi connectivity index (χ1n) is 8.15. The fourth-order valence-corrected chi connectivity index (χ4v) is 3.37. The number of rotatable bonds is 8. The summed E-state index contributed by atoms with van der Waals surface area (Å²) in [5.74, 6) is 0.0993. The maximum Gasteiger partial charge on any atom is 0.302 e. The summed E-state index contributed by atoms with van der Waals surface area (Å²) in [7, 11) is 0. The Kier molecular flexibility index (Phi) is 5.85. The molecule has 116 valence electrons. The Labute approximate surface area is 122 Å². The van der Waals surface area contributed by atoms with E-state index in [-0.39, 0.29) is 18.0 Å².